The van der Waals surface area contributed by atoms with Gasteiger partial charge in [-0.1, -0.05) is 5.21 Å². The highest BCUT2D eigenvalue weighted by Crippen LogP contribution is 2.26. The van der Waals surface area contributed by atoms with Gasteiger partial charge in [0.15, 0.2) is 0 Å². The van der Waals surface area contributed by atoms with Crippen LogP contribution in [0.1, 0.15) is 18.9 Å². The molecule has 0 amide bonds. The first-order chi connectivity index (χ1) is 9.15. The number of carbonyl (C=O) groups is 1. The highest BCUT2D eigenvalue weighted by molar-refractivity contribution is 5.82. The fraction of sp³-hybridized carbons (Fsp3) is 0.462. The lowest BCUT2D eigenvalue weighted by molar-refractivity contribution is -0.143. The van der Waals surface area contributed by atoms with Crippen molar-refractivity contribution in [1.29, 1.82) is 0 Å². The second kappa shape index (κ2) is 5.69. The minimum Gasteiger partial charge on any atom is -0.494 e. The van der Waals surface area contributed by atoms with Crippen LogP contribution in [0.15, 0.2) is 12.1 Å². The van der Waals surface area contributed by atoms with Gasteiger partial charge in [0, 0.05) is 13.5 Å². The average molecular weight is 263 g/mol. The summed E-state index contributed by atoms with van der Waals surface area (Å²) in [6.07, 6.45) is 0.949. The Kier molecular flexibility index (Phi) is 3.99. The van der Waals surface area contributed by atoms with E-state index < -0.39 is 0 Å². The number of methoxy groups -OCH3 is 1. The van der Waals surface area contributed by atoms with Crippen LogP contribution in [0.4, 0.5) is 0 Å². The third kappa shape index (κ3) is 2.83. The molecule has 0 N–H and O–H groups in total. The molecule has 1 heterocycles. The zero-order valence-electron chi connectivity index (χ0n) is 11.3. The standard InChI is InChI=1S/C13H17N3O3/c1-4-19-12(17)6-5-9-7-10-13(11(8-9)18-3)16(2)15-14-10/h7-8H,4-6H2,1-3H3. The molecule has 2 rings (SSSR count). The number of esters is 1. The number of aromatic nitrogens is 3. The number of benzene rings is 1. The Hall–Kier alpha value is -2.11. The summed E-state index contributed by atoms with van der Waals surface area (Å²) < 4.78 is 11.9. The molecule has 1 aromatic carbocycles. The van der Waals surface area contributed by atoms with E-state index in [4.69, 9.17) is 9.47 Å². The molecular formula is C13H17N3O3. The number of hydrogen-bond acceptors (Lipinski definition) is 5. The number of ether oxygens (including phenoxy) is 2. The van der Waals surface area contributed by atoms with Crippen molar-refractivity contribution in [3.8, 4) is 5.75 Å². The molecule has 0 aliphatic rings. The van der Waals surface area contributed by atoms with E-state index in [1.54, 1.807) is 18.7 Å². The second-order valence-electron chi connectivity index (χ2n) is 4.18. The maximum atomic E-state index is 11.4. The fourth-order valence-corrected chi connectivity index (χ4v) is 1.99. The third-order valence-corrected chi connectivity index (χ3v) is 2.87. The topological polar surface area (TPSA) is 66.2 Å². The van der Waals surface area contributed by atoms with Crippen LogP contribution < -0.4 is 4.74 Å². The Labute approximate surface area is 111 Å². The second-order valence-corrected chi connectivity index (χ2v) is 4.18. The van der Waals surface area contributed by atoms with Crippen molar-refractivity contribution in [2.45, 2.75) is 19.8 Å². The molecule has 1 aromatic heterocycles. The highest BCUT2D eigenvalue weighted by Gasteiger charge is 2.11. The first-order valence-corrected chi connectivity index (χ1v) is 6.17. The van der Waals surface area contributed by atoms with E-state index in [0.29, 0.717) is 25.2 Å². The maximum absolute atomic E-state index is 11.4. The van der Waals surface area contributed by atoms with Gasteiger partial charge in [-0.3, -0.25) is 4.79 Å². The molecule has 102 valence electrons. The zero-order chi connectivity index (χ0) is 13.8. The highest BCUT2D eigenvalue weighted by atomic mass is 16.5. The third-order valence-electron chi connectivity index (χ3n) is 2.87. The molecule has 0 saturated heterocycles. The van der Waals surface area contributed by atoms with Gasteiger partial charge in [0.2, 0.25) is 0 Å². The number of fused-ring (bicyclic) bond motifs is 1. The summed E-state index contributed by atoms with van der Waals surface area (Å²) in [5.74, 6) is 0.518. The number of hydrogen-bond donors (Lipinski definition) is 0. The van der Waals surface area contributed by atoms with Crippen LogP contribution in [-0.4, -0.2) is 34.7 Å². The average Bonchev–Trinajstić information content (AvgIpc) is 2.78. The summed E-state index contributed by atoms with van der Waals surface area (Å²) in [6, 6.07) is 3.83. The molecule has 6 nitrogen and oxygen atoms in total. The molecule has 0 atom stereocenters. The lowest BCUT2D eigenvalue weighted by Gasteiger charge is -2.06. The van der Waals surface area contributed by atoms with Gasteiger partial charge in [0.25, 0.3) is 0 Å². The molecule has 0 saturated carbocycles. The van der Waals surface area contributed by atoms with Gasteiger partial charge in [-0.2, -0.15) is 0 Å². The van der Waals surface area contributed by atoms with E-state index in [1.807, 2.05) is 19.2 Å². The van der Waals surface area contributed by atoms with Gasteiger partial charge in [-0.15, -0.1) is 5.10 Å². The van der Waals surface area contributed by atoms with Crippen molar-refractivity contribution in [2.24, 2.45) is 7.05 Å². The number of aryl methyl sites for hydroxylation is 2. The smallest absolute Gasteiger partial charge is 0.306 e. The Morgan fingerprint density at radius 3 is 2.89 bits per heavy atom. The van der Waals surface area contributed by atoms with Crippen molar-refractivity contribution in [1.82, 2.24) is 15.0 Å². The van der Waals surface area contributed by atoms with Crippen molar-refractivity contribution in [2.75, 3.05) is 13.7 Å². The van der Waals surface area contributed by atoms with Crippen molar-refractivity contribution in [3.63, 3.8) is 0 Å². The molecule has 0 aliphatic heterocycles. The summed E-state index contributed by atoms with van der Waals surface area (Å²) in [5.41, 5.74) is 2.60. The molecule has 19 heavy (non-hydrogen) atoms. The van der Waals surface area contributed by atoms with Crippen molar-refractivity contribution >= 4 is 17.0 Å². The van der Waals surface area contributed by atoms with E-state index in [1.165, 1.54) is 0 Å². The van der Waals surface area contributed by atoms with Crippen LogP contribution in [0.2, 0.25) is 0 Å². The van der Waals surface area contributed by atoms with Gasteiger partial charge in [0.05, 0.1) is 13.7 Å². The van der Waals surface area contributed by atoms with Crippen LogP contribution in [0.3, 0.4) is 0 Å². The molecule has 2 aromatic rings. The van der Waals surface area contributed by atoms with E-state index >= 15 is 0 Å². The predicted octanol–water partition coefficient (Wildman–Crippen LogP) is 1.47. The Morgan fingerprint density at radius 2 is 2.21 bits per heavy atom. The number of rotatable bonds is 5. The summed E-state index contributed by atoms with van der Waals surface area (Å²) in [6.45, 7) is 2.21. The lowest BCUT2D eigenvalue weighted by Crippen LogP contribution is -2.05. The van der Waals surface area contributed by atoms with Crippen LogP contribution >= 0.6 is 0 Å². The predicted molar refractivity (Wildman–Crippen MR) is 70.0 cm³/mol. The number of nitrogens with zero attached hydrogens (tertiary/aromatic N) is 3. The molecular weight excluding hydrogens is 246 g/mol. The van der Waals surface area contributed by atoms with Gasteiger partial charge in [-0.25, -0.2) is 4.68 Å². The molecule has 0 radical (unpaired) electrons. The molecule has 0 bridgehead atoms. The minimum atomic E-state index is -0.194. The summed E-state index contributed by atoms with van der Waals surface area (Å²) >= 11 is 0. The van der Waals surface area contributed by atoms with Gasteiger partial charge < -0.3 is 9.47 Å². The van der Waals surface area contributed by atoms with Crippen LogP contribution in [0, 0.1) is 0 Å². The number of carbonyl (C=O) groups excluding carboxylic acids is 1. The molecule has 6 heteroatoms. The van der Waals surface area contributed by atoms with E-state index in [9.17, 15) is 4.79 Å². The molecule has 0 aliphatic carbocycles. The summed E-state index contributed by atoms with van der Waals surface area (Å²) in [5, 5.41) is 8.03. The van der Waals surface area contributed by atoms with Crippen LogP contribution in [-0.2, 0) is 23.0 Å². The maximum Gasteiger partial charge on any atom is 0.306 e. The lowest BCUT2D eigenvalue weighted by atomic mass is 10.1. The summed E-state index contributed by atoms with van der Waals surface area (Å²) in [4.78, 5) is 11.4. The molecule has 0 spiro atoms. The van der Waals surface area contributed by atoms with E-state index in [-0.39, 0.29) is 5.97 Å². The van der Waals surface area contributed by atoms with Crippen LogP contribution in [0.5, 0.6) is 5.75 Å². The fourth-order valence-electron chi connectivity index (χ4n) is 1.99. The normalized spacial score (nSPS) is 10.7. The minimum absolute atomic E-state index is 0.194. The SMILES string of the molecule is CCOC(=O)CCc1cc(OC)c2c(c1)nnn2C. The zero-order valence-corrected chi connectivity index (χ0v) is 11.3. The van der Waals surface area contributed by atoms with Gasteiger partial charge in [0.1, 0.15) is 16.8 Å². The summed E-state index contributed by atoms with van der Waals surface area (Å²) in [7, 11) is 3.42. The van der Waals surface area contributed by atoms with E-state index in [2.05, 4.69) is 10.3 Å². The Bertz CT molecular complexity index is 592. The van der Waals surface area contributed by atoms with Gasteiger partial charge >= 0.3 is 5.97 Å². The monoisotopic (exact) mass is 263 g/mol. The largest absolute Gasteiger partial charge is 0.494 e. The van der Waals surface area contributed by atoms with Crippen molar-refractivity contribution in [3.05, 3.63) is 17.7 Å². The quantitative estimate of drug-likeness (QED) is 0.764. The van der Waals surface area contributed by atoms with Crippen LogP contribution in [0.25, 0.3) is 11.0 Å². The van der Waals surface area contributed by atoms with Gasteiger partial charge in [-0.05, 0) is 31.0 Å². The first kappa shape index (κ1) is 13.3. The molecule has 0 unspecified atom stereocenters. The van der Waals surface area contributed by atoms with Crippen molar-refractivity contribution < 1.29 is 14.3 Å². The van der Waals surface area contributed by atoms with E-state index in [0.717, 1.165) is 16.6 Å². The molecule has 0 fully saturated rings. The Balaban J connectivity index is 2.22. The Morgan fingerprint density at radius 1 is 1.42 bits per heavy atom. The first-order valence-electron chi connectivity index (χ1n) is 6.17.